The third-order valence-corrected chi connectivity index (χ3v) is 3.70. The molecule has 1 N–H and O–H groups in total. The highest BCUT2D eigenvalue weighted by Crippen LogP contribution is 2.29. The van der Waals surface area contributed by atoms with Crippen molar-refractivity contribution in [3.8, 4) is 0 Å². The summed E-state index contributed by atoms with van der Waals surface area (Å²) in [6.07, 6.45) is 6.55. The molecule has 0 aliphatic carbocycles. The zero-order valence-corrected chi connectivity index (χ0v) is 11.8. The molecular formula is C16H26N2. The van der Waals surface area contributed by atoms with Gasteiger partial charge in [0, 0.05) is 19.6 Å². The first-order chi connectivity index (χ1) is 8.81. The number of anilines is 2. The molecule has 1 saturated heterocycles. The molecule has 1 aromatic rings. The predicted octanol–water partition coefficient (Wildman–Crippen LogP) is 4.20. The van der Waals surface area contributed by atoms with Crippen LogP contribution in [-0.4, -0.2) is 19.6 Å². The van der Waals surface area contributed by atoms with Crippen molar-refractivity contribution in [3.05, 3.63) is 23.8 Å². The van der Waals surface area contributed by atoms with Crippen molar-refractivity contribution in [2.24, 2.45) is 0 Å². The van der Waals surface area contributed by atoms with Gasteiger partial charge in [0.1, 0.15) is 0 Å². The van der Waals surface area contributed by atoms with Gasteiger partial charge in [-0.2, -0.15) is 0 Å². The molecule has 1 fully saturated rings. The van der Waals surface area contributed by atoms with E-state index in [2.05, 4.69) is 42.3 Å². The van der Waals surface area contributed by atoms with Crippen LogP contribution in [0.1, 0.15) is 44.6 Å². The molecule has 1 aliphatic heterocycles. The second-order valence-electron chi connectivity index (χ2n) is 5.35. The van der Waals surface area contributed by atoms with Crippen LogP contribution in [-0.2, 0) is 0 Å². The maximum atomic E-state index is 3.60. The van der Waals surface area contributed by atoms with Crippen LogP contribution in [0.4, 0.5) is 11.4 Å². The molecule has 2 rings (SSSR count). The zero-order valence-electron chi connectivity index (χ0n) is 11.8. The average Bonchev–Trinajstić information content (AvgIpc) is 2.41. The van der Waals surface area contributed by atoms with Crippen molar-refractivity contribution >= 4 is 11.4 Å². The first-order valence-corrected chi connectivity index (χ1v) is 7.40. The Morgan fingerprint density at radius 3 is 2.67 bits per heavy atom. The summed E-state index contributed by atoms with van der Waals surface area (Å²) in [4.78, 5) is 2.55. The van der Waals surface area contributed by atoms with E-state index in [4.69, 9.17) is 0 Å². The van der Waals surface area contributed by atoms with Crippen LogP contribution in [0.25, 0.3) is 0 Å². The van der Waals surface area contributed by atoms with Crippen molar-refractivity contribution in [1.82, 2.24) is 0 Å². The summed E-state index contributed by atoms with van der Waals surface area (Å²) in [5.41, 5.74) is 4.08. The molecule has 18 heavy (non-hydrogen) atoms. The Kier molecular flexibility index (Phi) is 4.91. The van der Waals surface area contributed by atoms with Gasteiger partial charge in [0.05, 0.1) is 11.4 Å². The van der Waals surface area contributed by atoms with Gasteiger partial charge in [-0.1, -0.05) is 19.4 Å². The highest BCUT2D eigenvalue weighted by Gasteiger charge is 2.14. The first-order valence-electron chi connectivity index (χ1n) is 7.40. The molecule has 1 aliphatic rings. The SMILES string of the molecule is CCCCNc1ccc(C)cc1N1CCCCC1. The topological polar surface area (TPSA) is 15.3 Å². The van der Waals surface area contributed by atoms with E-state index in [0.717, 1.165) is 6.54 Å². The molecule has 2 heteroatoms. The fourth-order valence-electron chi connectivity index (χ4n) is 2.59. The molecule has 0 atom stereocenters. The largest absolute Gasteiger partial charge is 0.383 e. The number of hydrogen-bond acceptors (Lipinski definition) is 2. The van der Waals surface area contributed by atoms with E-state index in [0.29, 0.717) is 0 Å². The Bertz CT molecular complexity index is 367. The van der Waals surface area contributed by atoms with E-state index < -0.39 is 0 Å². The minimum Gasteiger partial charge on any atom is -0.383 e. The lowest BCUT2D eigenvalue weighted by Crippen LogP contribution is -2.30. The third kappa shape index (κ3) is 3.41. The van der Waals surface area contributed by atoms with Crippen LogP contribution < -0.4 is 10.2 Å². The number of hydrogen-bond donors (Lipinski definition) is 1. The van der Waals surface area contributed by atoms with Gasteiger partial charge in [0.25, 0.3) is 0 Å². The number of piperidine rings is 1. The summed E-state index contributed by atoms with van der Waals surface area (Å²) in [5, 5.41) is 3.60. The summed E-state index contributed by atoms with van der Waals surface area (Å²) in [6, 6.07) is 6.79. The highest BCUT2D eigenvalue weighted by atomic mass is 15.1. The molecule has 0 bridgehead atoms. The Balaban J connectivity index is 2.11. The smallest absolute Gasteiger partial charge is 0.0604 e. The highest BCUT2D eigenvalue weighted by molar-refractivity contribution is 5.71. The van der Waals surface area contributed by atoms with Crippen molar-refractivity contribution in [2.75, 3.05) is 29.9 Å². The van der Waals surface area contributed by atoms with Crippen molar-refractivity contribution in [2.45, 2.75) is 46.0 Å². The maximum absolute atomic E-state index is 3.60. The monoisotopic (exact) mass is 246 g/mol. The second kappa shape index (κ2) is 6.67. The van der Waals surface area contributed by atoms with Crippen LogP contribution in [0, 0.1) is 6.92 Å². The van der Waals surface area contributed by atoms with Gasteiger partial charge in [-0.25, -0.2) is 0 Å². The molecule has 1 heterocycles. The Hall–Kier alpha value is -1.18. The number of nitrogens with one attached hydrogen (secondary N) is 1. The molecular weight excluding hydrogens is 220 g/mol. The van der Waals surface area contributed by atoms with Crippen LogP contribution in [0.3, 0.4) is 0 Å². The number of nitrogens with zero attached hydrogens (tertiary/aromatic N) is 1. The predicted molar refractivity (Wildman–Crippen MR) is 80.6 cm³/mol. The van der Waals surface area contributed by atoms with E-state index >= 15 is 0 Å². The van der Waals surface area contributed by atoms with Crippen molar-refractivity contribution in [1.29, 1.82) is 0 Å². The second-order valence-corrected chi connectivity index (χ2v) is 5.35. The number of rotatable bonds is 5. The van der Waals surface area contributed by atoms with Gasteiger partial charge in [0.15, 0.2) is 0 Å². The normalized spacial score (nSPS) is 15.8. The van der Waals surface area contributed by atoms with Gasteiger partial charge in [-0.15, -0.1) is 0 Å². The molecule has 0 saturated carbocycles. The maximum Gasteiger partial charge on any atom is 0.0604 e. The average molecular weight is 246 g/mol. The van der Waals surface area contributed by atoms with Gasteiger partial charge >= 0.3 is 0 Å². The molecule has 0 amide bonds. The number of benzene rings is 1. The molecule has 100 valence electrons. The minimum atomic E-state index is 1.08. The van der Waals surface area contributed by atoms with Gasteiger partial charge in [-0.05, 0) is 50.3 Å². The number of aryl methyl sites for hydroxylation is 1. The Morgan fingerprint density at radius 1 is 1.17 bits per heavy atom. The summed E-state index contributed by atoms with van der Waals surface area (Å²) >= 11 is 0. The van der Waals surface area contributed by atoms with Gasteiger partial charge in [0.2, 0.25) is 0 Å². The summed E-state index contributed by atoms with van der Waals surface area (Å²) in [7, 11) is 0. The standard InChI is InChI=1S/C16H26N2/c1-3-4-10-17-15-9-8-14(2)13-16(15)18-11-6-5-7-12-18/h8-9,13,17H,3-7,10-12H2,1-2H3. The van der Waals surface area contributed by atoms with E-state index in [-0.39, 0.29) is 0 Å². The number of unbranched alkanes of at least 4 members (excludes halogenated alkanes) is 1. The molecule has 0 radical (unpaired) electrons. The van der Waals surface area contributed by atoms with Crippen LogP contribution in [0.2, 0.25) is 0 Å². The Labute approximate surface area is 111 Å². The van der Waals surface area contributed by atoms with Crippen LogP contribution >= 0.6 is 0 Å². The summed E-state index contributed by atoms with van der Waals surface area (Å²) in [5.74, 6) is 0. The van der Waals surface area contributed by atoms with Gasteiger partial charge < -0.3 is 10.2 Å². The zero-order chi connectivity index (χ0) is 12.8. The lowest BCUT2D eigenvalue weighted by molar-refractivity contribution is 0.578. The summed E-state index contributed by atoms with van der Waals surface area (Å²) < 4.78 is 0. The van der Waals surface area contributed by atoms with Gasteiger partial charge in [-0.3, -0.25) is 0 Å². The third-order valence-electron chi connectivity index (χ3n) is 3.70. The van der Waals surface area contributed by atoms with Crippen LogP contribution in [0.5, 0.6) is 0 Å². The van der Waals surface area contributed by atoms with E-state index in [1.165, 1.54) is 62.1 Å². The summed E-state index contributed by atoms with van der Waals surface area (Å²) in [6.45, 7) is 7.93. The van der Waals surface area contributed by atoms with Crippen molar-refractivity contribution < 1.29 is 0 Å². The van der Waals surface area contributed by atoms with E-state index in [9.17, 15) is 0 Å². The fourth-order valence-corrected chi connectivity index (χ4v) is 2.59. The van der Waals surface area contributed by atoms with Crippen LogP contribution in [0.15, 0.2) is 18.2 Å². The van der Waals surface area contributed by atoms with E-state index in [1.54, 1.807) is 0 Å². The molecule has 0 spiro atoms. The molecule has 0 aromatic heterocycles. The lowest BCUT2D eigenvalue weighted by Gasteiger charge is -2.31. The molecule has 1 aromatic carbocycles. The lowest BCUT2D eigenvalue weighted by atomic mass is 10.1. The minimum absolute atomic E-state index is 1.08. The quantitative estimate of drug-likeness (QED) is 0.783. The molecule has 0 unspecified atom stereocenters. The first kappa shape index (κ1) is 13.3. The molecule has 2 nitrogen and oxygen atoms in total. The van der Waals surface area contributed by atoms with E-state index in [1.807, 2.05) is 0 Å². The fraction of sp³-hybridized carbons (Fsp3) is 0.625. The van der Waals surface area contributed by atoms with Crippen molar-refractivity contribution in [3.63, 3.8) is 0 Å². The Morgan fingerprint density at radius 2 is 1.94 bits per heavy atom.